The number of rotatable bonds is 10. The molecule has 0 aliphatic heterocycles. The van der Waals surface area contributed by atoms with E-state index in [4.69, 9.17) is 0 Å². The summed E-state index contributed by atoms with van der Waals surface area (Å²) in [5, 5.41) is 8.03. The molecule has 3 heteroatoms. The van der Waals surface area contributed by atoms with Gasteiger partial charge < -0.3 is 5.32 Å². The highest BCUT2D eigenvalue weighted by Gasteiger charge is 2.12. The molecule has 1 atom stereocenters. The van der Waals surface area contributed by atoms with Crippen LogP contribution in [0.3, 0.4) is 0 Å². The van der Waals surface area contributed by atoms with Crippen molar-refractivity contribution >= 4 is 0 Å². The average molecular weight is 251 g/mol. The monoisotopic (exact) mass is 251 g/mol. The van der Waals surface area contributed by atoms with E-state index in [9.17, 15) is 0 Å². The van der Waals surface area contributed by atoms with E-state index >= 15 is 0 Å². The van der Waals surface area contributed by atoms with Crippen molar-refractivity contribution in [2.75, 3.05) is 6.54 Å². The van der Waals surface area contributed by atoms with Gasteiger partial charge in [-0.05, 0) is 26.3 Å². The fourth-order valence-corrected chi connectivity index (χ4v) is 2.21. The Labute approximate surface area is 112 Å². The van der Waals surface area contributed by atoms with E-state index in [0.29, 0.717) is 6.04 Å². The normalized spacial score (nSPS) is 12.8. The molecule has 0 saturated carbocycles. The summed E-state index contributed by atoms with van der Waals surface area (Å²) in [6.45, 7) is 8.66. The maximum Gasteiger partial charge on any atom is 0.0537 e. The van der Waals surface area contributed by atoms with Crippen LogP contribution in [0.1, 0.15) is 70.9 Å². The Morgan fingerprint density at radius 2 is 2.00 bits per heavy atom. The summed E-state index contributed by atoms with van der Waals surface area (Å²) in [6.07, 6.45) is 12.0. The van der Waals surface area contributed by atoms with Crippen LogP contribution in [0.5, 0.6) is 0 Å². The molecule has 18 heavy (non-hydrogen) atoms. The number of hydrogen-bond acceptors (Lipinski definition) is 2. The summed E-state index contributed by atoms with van der Waals surface area (Å²) in [5.74, 6) is 0. The van der Waals surface area contributed by atoms with Gasteiger partial charge in [-0.3, -0.25) is 4.68 Å². The van der Waals surface area contributed by atoms with Crippen molar-refractivity contribution in [2.45, 2.75) is 71.9 Å². The minimum atomic E-state index is 0.488. The quantitative estimate of drug-likeness (QED) is 0.639. The molecule has 0 fully saturated rings. The molecule has 1 N–H and O–H groups in total. The van der Waals surface area contributed by atoms with Gasteiger partial charge in [0.25, 0.3) is 0 Å². The highest BCUT2D eigenvalue weighted by Crippen LogP contribution is 2.19. The zero-order valence-corrected chi connectivity index (χ0v) is 12.3. The van der Waals surface area contributed by atoms with Gasteiger partial charge in [-0.1, -0.05) is 39.5 Å². The predicted octanol–water partition coefficient (Wildman–Crippen LogP) is 3.91. The van der Waals surface area contributed by atoms with Gasteiger partial charge in [0.05, 0.1) is 6.20 Å². The van der Waals surface area contributed by atoms with Crippen molar-refractivity contribution < 1.29 is 0 Å². The van der Waals surface area contributed by atoms with Gasteiger partial charge in [0.1, 0.15) is 0 Å². The van der Waals surface area contributed by atoms with Gasteiger partial charge in [-0.15, -0.1) is 0 Å². The minimum Gasteiger partial charge on any atom is -0.310 e. The lowest BCUT2D eigenvalue weighted by Gasteiger charge is -2.17. The first-order chi connectivity index (χ1) is 8.81. The topological polar surface area (TPSA) is 29.9 Å². The van der Waals surface area contributed by atoms with Crippen LogP contribution < -0.4 is 5.32 Å². The van der Waals surface area contributed by atoms with Gasteiger partial charge in [0, 0.05) is 24.3 Å². The van der Waals surface area contributed by atoms with E-state index < -0.39 is 0 Å². The van der Waals surface area contributed by atoms with Crippen molar-refractivity contribution in [2.24, 2.45) is 0 Å². The van der Waals surface area contributed by atoms with Crippen molar-refractivity contribution in [1.29, 1.82) is 0 Å². The summed E-state index contributed by atoms with van der Waals surface area (Å²) in [7, 11) is 0. The lowest BCUT2D eigenvalue weighted by molar-refractivity contribution is 0.470. The number of aryl methyl sites for hydroxylation is 1. The summed E-state index contributed by atoms with van der Waals surface area (Å²) in [4.78, 5) is 0. The molecule has 0 radical (unpaired) electrons. The smallest absolute Gasteiger partial charge is 0.0537 e. The van der Waals surface area contributed by atoms with Gasteiger partial charge in [0.15, 0.2) is 0 Å². The molecule has 0 spiro atoms. The van der Waals surface area contributed by atoms with Crippen LogP contribution in [0.2, 0.25) is 0 Å². The molecule has 1 aromatic heterocycles. The number of nitrogens with zero attached hydrogens (tertiary/aromatic N) is 2. The Morgan fingerprint density at radius 3 is 2.61 bits per heavy atom. The van der Waals surface area contributed by atoms with E-state index in [2.05, 4.69) is 37.4 Å². The zero-order chi connectivity index (χ0) is 13.2. The number of aromatic nitrogens is 2. The maximum atomic E-state index is 4.38. The Balaban J connectivity index is 2.48. The summed E-state index contributed by atoms with van der Waals surface area (Å²) < 4.78 is 2.02. The summed E-state index contributed by atoms with van der Waals surface area (Å²) in [6, 6.07) is 0.488. The van der Waals surface area contributed by atoms with Crippen LogP contribution in [0.4, 0.5) is 0 Å². The Kier molecular flexibility index (Phi) is 7.74. The zero-order valence-electron chi connectivity index (χ0n) is 12.3. The van der Waals surface area contributed by atoms with E-state index in [0.717, 1.165) is 13.1 Å². The van der Waals surface area contributed by atoms with Crippen LogP contribution in [0.15, 0.2) is 12.4 Å². The van der Waals surface area contributed by atoms with Crippen molar-refractivity contribution in [3.63, 3.8) is 0 Å². The molecule has 0 amide bonds. The van der Waals surface area contributed by atoms with E-state index in [1.165, 1.54) is 44.1 Å². The van der Waals surface area contributed by atoms with Crippen LogP contribution in [-0.4, -0.2) is 16.3 Å². The third-order valence-electron chi connectivity index (χ3n) is 3.37. The second-order valence-corrected chi connectivity index (χ2v) is 4.99. The van der Waals surface area contributed by atoms with Crippen molar-refractivity contribution in [3.05, 3.63) is 18.0 Å². The molecule has 0 aliphatic carbocycles. The molecule has 3 nitrogen and oxygen atoms in total. The molecule has 1 heterocycles. The van der Waals surface area contributed by atoms with Crippen molar-refractivity contribution in [1.82, 2.24) is 15.1 Å². The molecule has 1 rings (SSSR count). The summed E-state index contributed by atoms with van der Waals surface area (Å²) in [5.41, 5.74) is 1.35. The van der Waals surface area contributed by atoms with Gasteiger partial charge >= 0.3 is 0 Å². The van der Waals surface area contributed by atoms with Crippen LogP contribution in [0, 0.1) is 0 Å². The number of nitrogens with one attached hydrogen (secondary N) is 1. The average Bonchev–Trinajstić information content (AvgIpc) is 2.86. The van der Waals surface area contributed by atoms with Gasteiger partial charge in [-0.2, -0.15) is 5.10 Å². The largest absolute Gasteiger partial charge is 0.310 e. The molecular weight excluding hydrogens is 222 g/mol. The first-order valence-electron chi connectivity index (χ1n) is 7.57. The molecule has 0 saturated heterocycles. The minimum absolute atomic E-state index is 0.488. The predicted molar refractivity (Wildman–Crippen MR) is 77.7 cm³/mol. The SMILES string of the molecule is CCCCCCC(NCCC)c1cnn(CC)c1. The molecule has 1 unspecified atom stereocenters. The third kappa shape index (κ3) is 5.21. The highest BCUT2D eigenvalue weighted by molar-refractivity contribution is 5.10. The molecular formula is C15H29N3. The Morgan fingerprint density at radius 1 is 1.17 bits per heavy atom. The standard InChI is InChI=1S/C15H29N3/c1-4-7-8-9-10-15(16-11-5-2)14-12-17-18(6-3)13-14/h12-13,15-16H,4-11H2,1-3H3. The van der Waals surface area contributed by atoms with Gasteiger partial charge in [0.2, 0.25) is 0 Å². The lowest BCUT2D eigenvalue weighted by Crippen LogP contribution is -2.21. The molecule has 0 bridgehead atoms. The fourth-order valence-electron chi connectivity index (χ4n) is 2.21. The second-order valence-electron chi connectivity index (χ2n) is 4.99. The van der Waals surface area contributed by atoms with Crippen molar-refractivity contribution in [3.8, 4) is 0 Å². The number of unbranched alkanes of at least 4 members (excludes halogenated alkanes) is 3. The molecule has 104 valence electrons. The first kappa shape index (κ1) is 15.2. The number of hydrogen-bond donors (Lipinski definition) is 1. The van der Waals surface area contributed by atoms with Crippen LogP contribution >= 0.6 is 0 Å². The van der Waals surface area contributed by atoms with E-state index in [1.807, 2.05) is 10.9 Å². The second kappa shape index (κ2) is 9.15. The maximum absolute atomic E-state index is 4.38. The third-order valence-corrected chi connectivity index (χ3v) is 3.37. The summed E-state index contributed by atoms with van der Waals surface area (Å²) >= 11 is 0. The molecule has 0 aromatic carbocycles. The van der Waals surface area contributed by atoms with E-state index in [1.54, 1.807) is 0 Å². The molecule has 1 aromatic rings. The van der Waals surface area contributed by atoms with Crippen LogP contribution in [0.25, 0.3) is 0 Å². The highest BCUT2D eigenvalue weighted by atomic mass is 15.3. The Bertz CT molecular complexity index is 306. The van der Waals surface area contributed by atoms with Gasteiger partial charge in [-0.25, -0.2) is 0 Å². The van der Waals surface area contributed by atoms with Crippen LogP contribution in [-0.2, 0) is 6.54 Å². The molecule has 0 aliphatic rings. The lowest BCUT2D eigenvalue weighted by atomic mass is 10.0. The van der Waals surface area contributed by atoms with E-state index in [-0.39, 0.29) is 0 Å². The fraction of sp³-hybridized carbons (Fsp3) is 0.800. The first-order valence-corrected chi connectivity index (χ1v) is 7.57. The Hall–Kier alpha value is -0.830.